The highest BCUT2D eigenvalue weighted by molar-refractivity contribution is 7.88. The van der Waals surface area contributed by atoms with E-state index in [-0.39, 0.29) is 0 Å². The number of benzene rings is 1. The molecule has 0 aromatic heterocycles. The lowest BCUT2D eigenvalue weighted by molar-refractivity contribution is 0.354. The van der Waals surface area contributed by atoms with Gasteiger partial charge in [-0.1, -0.05) is 6.07 Å². The van der Waals surface area contributed by atoms with E-state index in [1.165, 1.54) is 0 Å². The fourth-order valence-electron chi connectivity index (χ4n) is 1.95. The number of nitrogens with zero attached hydrogens (tertiary/aromatic N) is 1. The van der Waals surface area contributed by atoms with Gasteiger partial charge in [-0.05, 0) is 24.1 Å². The molecule has 0 fully saturated rings. The smallest absolute Gasteiger partial charge is 0.208 e. The van der Waals surface area contributed by atoms with E-state index in [1.54, 1.807) is 21.3 Å². The highest BCUT2D eigenvalue weighted by Gasteiger charge is 2.05. The normalized spacial score (nSPS) is 11.9. The Morgan fingerprint density at radius 1 is 1.12 bits per heavy atom. The summed E-state index contributed by atoms with van der Waals surface area (Å²) in [5.41, 5.74) is 1.02. The van der Waals surface area contributed by atoms with Crippen LogP contribution < -0.4 is 24.8 Å². The molecule has 8 nitrogen and oxygen atoms in total. The number of ether oxygens (including phenoxy) is 2. The molecule has 1 rings (SSSR count). The van der Waals surface area contributed by atoms with Crippen molar-refractivity contribution in [2.75, 3.05) is 40.6 Å². The molecule has 0 saturated carbocycles. The fourth-order valence-corrected chi connectivity index (χ4v) is 2.46. The van der Waals surface area contributed by atoms with Gasteiger partial charge in [-0.15, -0.1) is 0 Å². The van der Waals surface area contributed by atoms with Gasteiger partial charge in [-0.25, -0.2) is 13.1 Å². The Kier molecular flexibility index (Phi) is 8.34. The van der Waals surface area contributed by atoms with Crippen LogP contribution in [-0.4, -0.2) is 55.0 Å². The molecular formula is C15H26N4O4S. The Morgan fingerprint density at radius 3 is 2.42 bits per heavy atom. The maximum Gasteiger partial charge on any atom is 0.208 e. The molecule has 1 aromatic carbocycles. The zero-order valence-electron chi connectivity index (χ0n) is 14.5. The summed E-state index contributed by atoms with van der Waals surface area (Å²) >= 11 is 0. The second-order valence-corrected chi connectivity index (χ2v) is 6.89. The maximum absolute atomic E-state index is 11.0. The minimum atomic E-state index is -3.13. The summed E-state index contributed by atoms with van der Waals surface area (Å²) in [5.74, 6) is 2.00. The Bertz CT molecular complexity index is 647. The average Bonchev–Trinajstić information content (AvgIpc) is 2.55. The summed E-state index contributed by atoms with van der Waals surface area (Å²) in [6.45, 7) is 1.56. The highest BCUT2D eigenvalue weighted by atomic mass is 32.2. The first-order valence-corrected chi connectivity index (χ1v) is 9.38. The van der Waals surface area contributed by atoms with E-state index >= 15 is 0 Å². The Morgan fingerprint density at radius 2 is 1.83 bits per heavy atom. The van der Waals surface area contributed by atoms with Crippen molar-refractivity contribution in [1.29, 1.82) is 0 Å². The van der Waals surface area contributed by atoms with Crippen LogP contribution in [0.2, 0.25) is 0 Å². The van der Waals surface area contributed by atoms with Crippen LogP contribution in [0.1, 0.15) is 12.0 Å². The van der Waals surface area contributed by atoms with Gasteiger partial charge < -0.3 is 20.1 Å². The molecule has 0 aliphatic carbocycles. The van der Waals surface area contributed by atoms with E-state index in [0.29, 0.717) is 43.5 Å². The molecule has 9 heteroatoms. The minimum absolute atomic E-state index is 0.387. The van der Waals surface area contributed by atoms with E-state index in [2.05, 4.69) is 20.3 Å². The first-order chi connectivity index (χ1) is 11.4. The third-order valence-corrected chi connectivity index (χ3v) is 3.87. The summed E-state index contributed by atoms with van der Waals surface area (Å²) < 4.78 is 34.8. The number of methoxy groups -OCH3 is 2. The molecule has 1 aromatic rings. The lowest BCUT2D eigenvalue weighted by Crippen LogP contribution is -2.38. The molecule has 0 aliphatic heterocycles. The fraction of sp³-hybridized carbons (Fsp3) is 0.533. The number of sulfonamides is 1. The number of nitrogens with one attached hydrogen (secondary N) is 3. The van der Waals surface area contributed by atoms with Crippen molar-refractivity contribution in [1.82, 2.24) is 15.4 Å². The average molecular weight is 358 g/mol. The van der Waals surface area contributed by atoms with E-state index in [9.17, 15) is 8.42 Å². The molecule has 136 valence electrons. The topological polar surface area (TPSA) is 101 Å². The number of rotatable bonds is 9. The second-order valence-electron chi connectivity index (χ2n) is 5.06. The van der Waals surface area contributed by atoms with E-state index < -0.39 is 10.0 Å². The number of hydrogen-bond acceptors (Lipinski definition) is 5. The molecule has 0 bridgehead atoms. The van der Waals surface area contributed by atoms with Crippen LogP contribution in [0.3, 0.4) is 0 Å². The van der Waals surface area contributed by atoms with Crippen LogP contribution in [0, 0.1) is 0 Å². The van der Waals surface area contributed by atoms with Crippen LogP contribution in [0.25, 0.3) is 0 Å². The molecule has 0 unspecified atom stereocenters. The van der Waals surface area contributed by atoms with Crippen LogP contribution in [0.5, 0.6) is 11.5 Å². The molecular weight excluding hydrogens is 332 g/mol. The molecule has 0 spiro atoms. The first-order valence-electron chi connectivity index (χ1n) is 7.49. The molecule has 0 amide bonds. The van der Waals surface area contributed by atoms with Crippen molar-refractivity contribution in [3.8, 4) is 11.5 Å². The predicted octanol–water partition coefficient (Wildman–Crippen LogP) is 0.308. The van der Waals surface area contributed by atoms with Gasteiger partial charge in [0.2, 0.25) is 10.0 Å². The van der Waals surface area contributed by atoms with Crippen molar-refractivity contribution in [2.24, 2.45) is 4.99 Å². The highest BCUT2D eigenvalue weighted by Crippen LogP contribution is 2.27. The van der Waals surface area contributed by atoms with Crippen LogP contribution in [0.4, 0.5) is 0 Å². The van der Waals surface area contributed by atoms with Crippen LogP contribution in [-0.2, 0) is 16.6 Å². The maximum atomic E-state index is 11.0. The Hall–Kier alpha value is -2.00. The van der Waals surface area contributed by atoms with Gasteiger partial charge in [-0.2, -0.15) is 0 Å². The second kappa shape index (κ2) is 9.99. The Labute approximate surface area is 143 Å². The van der Waals surface area contributed by atoms with Crippen molar-refractivity contribution in [2.45, 2.75) is 13.0 Å². The summed E-state index contributed by atoms with van der Waals surface area (Å²) in [5, 5.41) is 6.31. The zero-order valence-corrected chi connectivity index (χ0v) is 15.4. The van der Waals surface area contributed by atoms with Gasteiger partial charge in [0.25, 0.3) is 0 Å². The standard InChI is InChI=1S/C15H26N4O4S/c1-16-15(17-8-5-9-19-24(4,20)21)18-11-12-6-7-13(22-2)14(10-12)23-3/h6-7,10,19H,5,8-9,11H2,1-4H3,(H2,16,17,18). The van der Waals surface area contributed by atoms with Gasteiger partial charge in [-0.3, -0.25) is 4.99 Å². The lowest BCUT2D eigenvalue weighted by Gasteiger charge is -2.13. The Balaban J connectivity index is 2.41. The van der Waals surface area contributed by atoms with Gasteiger partial charge >= 0.3 is 0 Å². The largest absolute Gasteiger partial charge is 0.493 e. The van der Waals surface area contributed by atoms with E-state index in [4.69, 9.17) is 9.47 Å². The first kappa shape index (κ1) is 20.0. The van der Waals surface area contributed by atoms with Crippen LogP contribution >= 0.6 is 0 Å². The monoisotopic (exact) mass is 358 g/mol. The van der Waals surface area contributed by atoms with E-state index in [0.717, 1.165) is 11.8 Å². The summed E-state index contributed by atoms with van der Waals surface area (Å²) in [4.78, 5) is 4.13. The van der Waals surface area contributed by atoms with E-state index in [1.807, 2.05) is 18.2 Å². The van der Waals surface area contributed by atoms with Crippen LogP contribution in [0.15, 0.2) is 23.2 Å². The predicted molar refractivity (Wildman–Crippen MR) is 95.2 cm³/mol. The molecule has 3 N–H and O–H groups in total. The molecule has 0 atom stereocenters. The molecule has 0 saturated heterocycles. The molecule has 0 aliphatic rings. The summed E-state index contributed by atoms with van der Waals surface area (Å²) in [7, 11) is 1.74. The molecule has 24 heavy (non-hydrogen) atoms. The SMILES string of the molecule is CN=C(NCCCNS(C)(=O)=O)NCc1ccc(OC)c(OC)c1. The molecule has 0 radical (unpaired) electrons. The number of guanidine groups is 1. The van der Waals surface area contributed by atoms with Crippen molar-refractivity contribution in [3.63, 3.8) is 0 Å². The summed E-state index contributed by atoms with van der Waals surface area (Å²) in [6.07, 6.45) is 1.80. The third-order valence-electron chi connectivity index (χ3n) is 3.14. The third kappa shape index (κ3) is 7.51. The number of hydrogen-bond donors (Lipinski definition) is 3. The van der Waals surface area contributed by atoms with Crippen molar-refractivity contribution >= 4 is 16.0 Å². The van der Waals surface area contributed by atoms with Crippen molar-refractivity contribution < 1.29 is 17.9 Å². The zero-order chi connectivity index (χ0) is 18.0. The summed E-state index contributed by atoms with van der Waals surface area (Å²) in [6, 6.07) is 5.69. The minimum Gasteiger partial charge on any atom is -0.493 e. The van der Waals surface area contributed by atoms with Gasteiger partial charge in [0.15, 0.2) is 17.5 Å². The number of aliphatic imine (C=N–C) groups is 1. The molecule has 0 heterocycles. The van der Waals surface area contributed by atoms with Gasteiger partial charge in [0.05, 0.1) is 20.5 Å². The quantitative estimate of drug-likeness (QED) is 0.334. The van der Waals surface area contributed by atoms with Crippen molar-refractivity contribution in [3.05, 3.63) is 23.8 Å². The van der Waals surface area contributed by atoms with Gasteiger partial charge in [0.1, 0.15) is 0 Å². The lowest BCUT2D eigenvalue weighted by atomic mass is 10.2. The van der Waals surface area contributed by atoms with Gasteiger partial charge in [0, 0.05) is 26.7 Å².